The van der Waals surface area contributed by atoms with Gasteiger partial charge in [-0.25, -0.2) is 0 Å². The SMILES string of the molecule is C[C@@H]1CN(C)[C@@H](C)C[C@]1(O)C#N. The highest BCUT2D eigenvalue weighted by Crippen LogP contribution is 2.29. The second-order valence-electron chi connectivity index (χ2n) is 3.93. The van der Waals surface area contributed by atoms with Gasteiger partial charge in [0, 0.05) is 24.9 Å². The van der Waals surface area contributed by atoms with Crippen molar-refractivity contribution in [1.82, 2.24) is 4.90 Å². The van der Waals surface area contributed by atoms with E-state index >= 15 is 0 Å². The van der Waals surface area contributed by atoms with Crippen molar-refractivity contribution >= 4 is 0 Å². The molecule has 3 atom stereocenters. The Morgan fingerprint density at radius 3 is 2.67 bits per heavy atom. The van der Waals surface area contributed by atoms with Crippen LogP contribution in [0.5, 0.6) is 0 Å². The molecular weight excluding hydrogens is 152 g/mol. The predicted octanol–water partition coefficient (Wildman–Crippen LogP) is 0.601. The summed E-state index contributed by atoms with van der Waals surface area (Å²) in [6, 6.07) is 2.31. The van der Waals surface area contributed by atoms with Crippen molar-refractivity contribution in [3.63, 3.8) is 0 Å². The maximum absolute atomic E-state index is 9.85. The van der Waals surface area contributed by atoms with Gasteiger partial charge >= 0.3 is 0 Å². The van der Waals surface area contributed by atoms with E-state index < -0.39 is 5.60 Å². The molecule has 12 heavy (non-hydrogen) atoms. The number of hydrogen-bond donors (Lipinski definition) is 1. The molecule has 1 N–H and O–H groups in total. The van der Waals surface area contributed by atoms with Crippen molar-refractivity contribution in [3.05, 3.63) is 0 Å². The molecule has 1 aliphatic heterocycles. The van der Waals surface area contributed by atoms with E-state index in [1.807, 2.05) is 27.0 Å². The summed E-state index contributed by atoms with van der Waals surface area (Å²) in [5.74, 6) is 0.0451. The van der Waals surface area contributed by atoms with Gasteiger partial charge in [0.05, 0.1) is 6.07 Å². The zero-order valence-corrected chi connectivity index (χ0v) is 7.91. The number of nitriles is 1. The molecule has 1 saturated heterocycles. The number of rotatable bonds is 0. The minimum Gasteiger partial charge on any atom is -0.375 e. The summed E-state index contributed by atoms with van der Waals surface area (Å²) in [5, 5.41) is 18.7. The summed E-state index contributed by atoms with van der Waals surface area (Å²) in [7, 11) is 2.03. The Morgan fingerprint density at radius 2 is 2.17 bits per heavy atom. The van der Waals surface area contributed by atoms with Gasteiger partial charge in [0.1, 0.15) is 0 Å². The molecule has 0 amide bonds. The van der Waals surface area contributed by atoms with E-state index in [0.29, 0.717) is 12.5 Å². The summed E-state index contributed by atoms with van der Waals surface area (Å²) >= 11 is 0. The van der Waals surface area contributed by atoms with Gasteiger partial charge in [-0.1, -0.05) is 6.92 Å². The molecule has 0 saturated carbocycles. The van der Waals surface area contributed by atoms with E-state index in [0.717, 1.165) is 6.54 Å². The largest absolute Gasteiger partial charge is 0.375 e. The molecule has 0 aromatic rings. The highest BCUT2D eigenvalue weighted by Gasteiger charge is 2.41. The third-order valence-electron chi connectivity index (χ3n) is 2.93. The van der Waals surface area contributed by atoms with Crippen LogP contribution in [0.25, 0.3) is 0 Å². The Labute approximate surface area is 73.6 Å². The number of hydrogen-bond acceptors (Lipinski definition) is 3. The van der Waals surface area contributed by atoms with E-state index in [1.54, 1.807) is 0 Å². The van der Waals surface area contributed by atoms with Crippen molar-refractivity contribution < 1.29 is 5.11 Å². The van der Waals surface area contributed by atoms with Gasteiger partial charge in [-0.3, -0.25) is 0 Å². The molecular formula is C9H16N2O. The first-order valence-electron chi connectivity index (χ1n) is 4.33. The smallest absolute Gasteiger partial charge is 0.156 e. The van der Waals surface area contributed by atoms with Crippen molar-refractivity contribution in [2.75, 3.05) is 13.6 Å². The van der Waals surface area contributed by atoms with E-state index in [1.165, 1.54) is 0 Å². The lowest BCUT2D eigenvalue weighted by Gasteiger charge is -2.41. The molecule has 68 valence electrons. The summed E-state index contributed by atoms with van der Waals surface area (Å²) in [5.41, 5.74) is -1.11. The molecule has 0 spiro atoms. The third-order valence-corrected chi connectivity index (χ3v) is 2.93. The van der Waals surface area contributed by atoms with E-state index in [2.05, 4.69) is 4.90 Å². The fraction of sp³-hybridized carbons (Fsp3) is 0.889. The number of aliphatic hydroxyl groups is 1. The molecule has 0 aliphatic carbocycles. The molecule has 0 aromatic carbocycles. The molecule has 1 aliphatic rings. The van der Waals surface area contributed by atoms with Crippen LogP contribution in [0.2, 0.25) is 0 Å². The minimum absolute atomic E-state index is 0.0451. The van der Waals surface area contributed by atoms with E-state index in [9.17, 15) is 5.11 Å². The van der Waals surface area contributed by atoms with Crippen LogP contribution in [0, 0.1) is 17.2 Å². The second kappa shape index (κ2) is 3.04. The Kier molecular flexibility index (Phi) is 2.41. The maximum atomic E-state index is 9.85. The van der Waals surface area contributed by atoms with E-state index in [4.69, 9.17) is 5.26 Å². The zero-order valence-electron chi connectivity index (χ0n) is 7.91. The van der Waals surface area contributed by atoms with Gasteiger partial charge in [-0.05, 0) is 14.0 Å². The first kappa shape index (κ1) is 9.50. The third kappa shape index (κ3) is 1.45. The van der Waals surface area contributed by atoms with Crippen LogP contribution in [-0.2, 0) is 0 Å². The van der Waals surface area contributed by atoms with Crippen molar-refractivity contribution in [2.24, 2.45) is 5.92 Å². The summed E-state index contributed by atoms with van der Waals surface area (Å²) in [6.07, 6.45) is 0.557. The summed E-state index contributed by atoms with van der Waals surface area (Å²) in [6.45, 7) is 4.75. The number of piperidine rings is 1. The molecule has 0 aromatic heterocycles. The average molecular weight is 168 g/mol. The Balaban J connectivity index is 2.76. The lowest BCUT2D eigenvalue weighted by atomic mass is 9.80. The summed E-state index contributed by atoms with van der Waals surface area (Å²) < 4.78 is 0. The first-order chi connectivity index (χ1) is 5.49. The van der Waals surface area contributed by atoms with Gasteiger partial charge in [-0.15, -0.1) is 0 Å². The average Bonchev–Trinajstić information content (AvgIpc) is 2.01. The molecule has 1 heterocycles. The van der Waals surface area contributed by atoms with Gasteiger partial charge < -0.3 is 10.0 Å². The van der Waals surface area contributed by atoms with Gasteiger partial charge in [0.2, 0.25) is 0 Å². The number of nitrogens with zero attached hydrogens (tertiary/aromatic N) is 2. The van der Waals surface area contributed by atoms with Crippen LogP contribution >= 0.6 is 0 Å². The molecule has 0 unspecified atom stereocenters. The highest BCUT2D eigenvalue weighted by atomic mass is 16.3. The molecule has 3 heteroatoms. The zero-order chi connectivity index (χ0) is 9.35. The lowest BCUT2D eigenvalue weighted by molar-refractivity contribution is -0.0361. The summed E-state index contributed by atoms with van der Waals surface area (Å²) in [4.78, 5) is 2.18. The van der Waals surface area contributed by atoms with Crippen molar-refractivity contribution in [1.29, 1.82) is 5.26 Å². The Hall–Kier alpha value is -0.590. The fourth-order valence-corrected chi connectivity index (χ4v) is 1.73. The minimum atomic E-state index is -1.11. The van der Waals surface area contributed by atoms with E-state index in [-0.39, 0.29) is 5.92 Å². The quantitative estimate of drug-likeness (QED) is 0.539. The first-order valence-corrected chi connectivity index (χ1v) is 4.33. The van der Waals surface area contributed by atoms with Crippen LogP contribution in [0.15, 0.2) is 0 Å². The maximum Gasteiger partial charge on any atom is 0.156 e. The Bertz CT molecular complexity index is 211. The molecule has 0 bridgehead atoms. The standard InChI is InChI=1S/C9H16N2O/c1-7-5-11(3)8(2)4-9(7,12)6-10/h7-8,12H,4-5H2,1-3H3/t7-,8+,9+/m1/s1. The molecule has 1 fully saturated rings. The van der Waals surface area contributed by atoms with Crippen LogP contribution in [0.3, 0.4) is 0 Å². The number of likely N-dealkylation sites (tertiary alicyclic amines) is 1. The predicted molar refractivity (Wildman–Crippen MR) is 46.4 cm³/mol. The van der Waals surface area contributed by atoms with Gasteiger partial charge in [-0.2, -0.15) is 5.26 Å². The Morgan fingerprint density at radius 1 is 1.58 bits per heavy atom. The van der Waals surface area contributed by atoms with Crippen LogP contribution < -0.4 is 0 Å². The van der Waals surface area contributed by atoms with Crippen molar-refractivity contribution in [2.45, 2.75) is 31.9 Å². The van der Waals surface area contributed by atoms with Crippen LogP contribution in [0.1, 0.15) is 20.3 Å². The topological polar surface area (TPSA) is 47.3 Å². The van der Waals surface area contributed by atoms with Crippen LogP contribution in [0.4, 0.5) is 0 Å². The molecule has 1 rings (SSSR count). The normalized spacial score (nSPS) is 43.9. The van der Waals surface area contributed by atoms with Gasteiger partial charge in [0.25, 0.3) is 0 Å². The highest BCUT2D eigenvalue weighted by molar-refractivity contribution is 5.08. The van der Waals surface area contributed by atoms with Gasteiger partial charge in [0.15, 0.2) is 5.60 Å². The monoisotopic (exact) mass is 168 g/mol. The molecule has 3 nitrogen and oxygen atoms in total. The van der Waals surface area contributed by atoms with Crippen LogP contribution in [-0.4, -0.2) is 35.2 Å². The van der Waals surface area contributed by atoms with Crippen molar-refractivity contribution in [3.8, 4) is 6.07 Å². The molecule has 0 radical (unpaired) electrons. The second-order valence-corrected chi connectivity index (χ2v) is 3.93. The lowest BCUT2D eigenvalue weighted by Crippen LogP contribution is -2.52. The fourth-order valence-electron chi connectivity index (χ4n) is 1.73.